The third-order valence-electron chi connectivity index (χ3n) is 4.33. The molecular formula is C18H19NO3S. The summed E-state index contributed by atoms with van der Waals surface area (Å²) in [6.07, 6.45) is 2.67. The predicted octanol–water partition coefficient (Wildman–Crippen LogP) is 4.24. The standard InChI is InChI=1S/C18H19NO3S/c20-17(13-5-1-6-14(10-13)18(21)22)19-15-7-2-4-12(11-15)16-8-3-9-23-16/h2-4,7-9,11,13-14H,1,5-6,10H2,(H,19,20)(H,21,22). The molecule has 2 unspecified atom stereocenters. The second kappa shape index (κ2) is 6.96. The first-order chi connectivity index (χ1) is 11.1. The number of rotatable bonds is 4. The Hall–Kier alpha value is -2.14. The normalized spacial score (nSPS) is 20.9. The van der Waals surface area contributed by atoms with Gasteiger partial charge in [-0.3, -0.25) is 9.59 Å². The van der Waals surface area contributed by atoms with Crippen molar-refractivity contribution < 1.29 is 14.7 Å². The van der Waals surface area contributed by atoms with Crippen LogP contribution in [0.5, 0.6) is 0 Å². The third kappa shape index (κ3) is 3.79. The molecule has 23 heavy (non-hydrogen) atoms. The Labute approximate surface area is 139 Å². The van der Waals surface area contributed by atoms with E-state index in [0.717, 1.165) is 29.0 Å². The molecule has 4 nitrogen and oxygen atoms in total. The molecule has 1 amide bonds. The van der Waals surface area contributed by atoms with Crippen molar-refractivity contribution >= 4 is 28.9 Å². The lowest BCUT2D eigenvalue weighted by Gasteiger charge is -2.25. The van der Waals surface area contributed by atoms with E-state index in [0.29, 0.717) is 12.8 Å². The summed E-state index contributed by atoms with van der Waals surface area (Å²) in [6, 6.07) is 11.8. The van der Waals surface area contributed by atoms with Crippen LogP contribution >= 0.6 is 11.3 Å². The first kappa shape index (κ1) is 15.7. The number of carbonyl (C=O) groups is 2. The van der Waals surface area contributed by atoms with Crippen molar-refractivity contribution in [1.82, 2.24) is 0 Å². The van der Waals surface area contributed by atoms with E-state index in [2.05, 4.69) is 5.32 Å². The molecular weight excluding hydrogens is 310 g/mol. The smallest absolute Gasteiger partial charge is 0.306 e. The van der Waals surface area contributed by atoms with Crippen molar-refractivity contribution in [2.75, 3.05) is 5.32 Å². The molecule has 1 aromatic carbocycles. The van der Waals surface area contributed by atoms with E-state index in [-0.39, 0.29) is 11.8 Å². The van der Waals surface area contributed by atoms with E-state index in [4.69, 9.17) is 5.11 Å². The van der Waals surface area contributed by atoms with Gasteiger partial charge in [-0.25, -0.2) is 0 Å². The van der Waals surface area contributed by atoms with Crippen molar-refractivity contribution in [3.8, 4) is 10.4 Å². The fourth-order valence-electron chi connectivity index (χ4n) is 3.09. The number of thiophene rings is 1. The second-order valence-corrected chi connectivity index (χ2v) is 6.89. The zero-order chi connectivity index (χ0) is 16.2. The number of amides is 1. The summed E-state index contributed by atoms with van der Waals surface area (Å²) in [7, 11) is 0. The van der Waals surface area contributed by atoms with Gasteiger partial charge in [-0.05, 0) is 48.4 Å². The second-order valence-electron chi connectivity index (χ2n) is 5.95. The van der Waals surface area contributed by atoms with Gasteiger partial charge in [0.1, 0.15) is 0 Å². The molecule has 0 radical (unpaired) electrons. The Morgan fingerprint density at radius 2 is 1.96 bits per heavy atom. The highest BCUT2D eigenvalue weighted by molar-refractivity contribution is 7.13. The van der Waals surface area contributed by atoms with Crippen LogP contribution in [-0.4, -0.2) is 17.0 Å². The van der Waals surface area contributed by atoms with Gasteiger partial charge >= 0.3 is 5.97 Å². The van der Waals surface area contributed by atoms with E-state index >= 15 is 0 Å². The molecule has 2 N–H and O–H groups in total. The molecule has 1 aromatic heterocycles. The number of carboxylic acids is 1. The minimum absolute atomic E-state index is 0.0701. The molecule has 0 aliphatic heterocycles. The van der Waals surface area contributed by atoms with Crippen LogP contribution in [0.2, 0.25) is 0 Å². The lowest BCUT2D eigenvalue weighted by Crippen LogP contribution is -2.30. The highest BCUT2D eigenvalue weighted by Gasteiger charge is 2.31. The van der Waals surface area contributed by atoms with E-state index < -0.39 is 11.9 Å². The Balaban J connectivity index is 1.68. The van der Waals surface area contributed by atoms with Crippen LogP contribution in [0.1, 0.15) is 25.7 Å². The first-order valence-corrected chi connectivity index (χ1v) is 8.69. The quantitative estimate of drug-likeness (QED) is 0.881. The number of hydrogen-bond donors (Lipinski definition) is 2. The summed E-state index contributed by atoms with van der Waals surface area (Å²) in [5, 5.41) is 14.1. The van der Waals surface area contributed by atoms with Gasteiger partial charge in [-0.15, -0.1) is 11.3 Å². The van der Waals surface area contributed by atoms with E-state index in [1.807, 2.05) is 41.8 Å². The molecule has 1 aliphatic rings. The number of benzene rings is 1. The fourth-order valence-corrected chi connectivity index (χ4v) is 3.81. The zero-order valence-electron chi connectivity index (χ0n) is 12.7. The van der Waals surface area contributed by atoms with Crippen molar-refractivity contribution in [2.45, 2.75) is 25.7 Å². The molecule has 1 fully saturated rings. The average molecular weight is 329 g/mol. The molecule has 1 saturated carbocycles. The Morgan fingerprint density at radius 3 is 2.70 bits per heavy atom. The van der Waals surface area contributed by atoms with Crippen LogP contribution in [0.4, 0.5) is 5.69 Å². The molecule has 1 aliphatic carbocycles. The number of anilines is 1. The van der Waals surface area contributed by atoms with Crippen molar-refractivity contribution in [2.24, 2.45) is 11.8 Å². The molecule has 1 heterocycles. The summed E-state index contributed by atoms with van der Waals surface area (Å²) < 4.78 is 0. The number of aliphatic carboxylic acids is 1. The van der Waals surface area contributed by atoms with Gasteiger partial charge in [0.15, 0.2) is 0 Å². The van der Waals surface area contributed by atoms with E-state index in [1.54, 1.807) is 11.3 Å². The van der Waals surface area contributed by atoms with Gasteiger partial charge in [0.05, 0.1) is 5.92 Å². The molecule has 2 atom stereocenters. The van der Waals surface area contributed by atoms with Gasteiger partial charge in [-0.1, -0.05) is 24.6 Å². The van der Waals surface area contributed by atoms with Crippen LogP contribution in [0.15, 0.2) is 41.8 Å². The molecule has 2 aromatic rings. The number of nitrogens with one attached hydrogen (secondary N) is 1. The number of hydrogen-bond acceptors (Lipinski definition) is 3. The van der Waals surface area contributed by atoms with E-state index in [9.17, 15) is 9.59 Å². The highest BCUT2D eigenvalue weighted by atomic mass is 32.1. The average Bonchev–Trinajstić information content (AvgIpc) is 3.10. The molecule has 0 saturated heterocycles. The maximum atomic E-state index is 12.4. The fraction of sp³-hybridized carbons (Fsp3) is 0.333. The number of carboxylic acid groups (broad SMARTS) is 1. The number of carbonyl (C=O) groups excluding carboxylic acids is 1. The van der Waals surface area contributed by atoms with Crippen molar-refractivity contribution in [1.29, 1.82) is 0 Å². The lowest BCUT2D eigenvalue weighted by molar-refractivity contribution is -0.143. The van der Waals surface area contributed by atoms with Crippen molar-refractivity contribution in [3.05, 3.63) is 41.8 Å². The lowest BCUT2D eigenvalue weighted by atomic mass is 9.81. The van der Waals surface area contributed by atoms with Gasteiger partial charge in [0, 0.05) is 16.5 Å². The van der Waals surface area contributed by atoms with Crippen LogP contribution in [0.25, 0.3) is 10.4 Å². The van der Waals surface area contributed by atoms with Crippen LogP contribution in [0, 0.1) is 11.8 Å². The minimum atomic E-state index is -0.790. The largest absolute Gasteiger partial charge is 0.481 e. The SMILES string of the molecule is O=C(O)C1CCCC(C(=O)Nc2cccc(-c3cccs3)c2)C1. The predicted molar refractivity (Wildman–Crippen MR) is 91.5 cm³/mol. The van der Waals surface area contributed by atoms with Crippen LogP contribution in [0.3, 0.4) is 0 Å². The van der Waals surface area contributed by atoms with Gasteiger partial charge < -0.3 is 10.4 Å². The first-order valence-electron chi connectivity index (χ1n) is 7.81. The molecule has 0 spiro atoms. The maximum Gasteiger partial charge on any atom is 0.306 e. The van der Waals surface area contributed by atoms with Gasteiger partial charge in [-0.2, -0.15) is 0 Å². The van der Waals surface area contributed by atoms with Gasteiger partial charge in [0.2, 0.25) is 5.91 Å². The summed E-state index contributed by atoms with van der Waals surface area (Å²) in [6.45, 7) is 0. The Morgan fingerprint density at radius 1 is 1.13 bits per heavy atom. The van der Waals surface area contributed by atoms with Crippen molar-refractivity contribution in [3.63, 3.8) is 0 Å². The molecule has 5 heteroatoms. The Bertz CT molecular complexity index is 696. The maximum absolute atomic E-state index is 12.4. The van der Waals surface area contributed by atoms with Gasteiger partial charge in [0.25, 0.3) is 0 Å². The summed E-state index contributed by atoms with van der Waals surface area (Å²) in [4.78, 5) is 24.7. The molecule has 0 bridgehead atoms. The molecule has 120 valence electrons. The third-order valence-corrected chi connectivity index (χ3v) is 5.25. The zero-order valence-corrected chi connectivity index (χ0v) is 13.5. The van der Waals surface area contributed by atoms with Crippen LogP contribution < -0.4 is 5.32 Å². The minimum Gasteiger partial charge on any atom is -0.481 e. The summed E-state index contributed by atoms with van der Waals surface area (Å²) in [5.41, 5.74) is 1.84. The molecule has 3 rings (SSSR count). The van der Waals surface area contributed by atoms with Crippen LogP contribution in [-0.2, 0) is 9.59 Å². The summed E-state index contributed by atoms with van der Waals surface area (Å²) in [5.74, 6) is -1.46. The summed E-state index contributed by atoms with van der Waals surface area (Å²) >= 11 is 1.66. The topological polar surface area (TPSA) is 66.4 Å². The van der Waals surface area contributed by atoms with E-state index in [1.165, 1.54) is 0 Å². The highest BCUT2D eigenvalue weighted by Crippen LogP contribution is 2.31. The Kier molecular flexibility index (Phi) is 4.76. The monoisotopic (exact) mass is 329 g/mol.